The van der Waals surface area contributed by atoms with Gasteiger partial charge in [-0.25, -0.2) is 0 Å². The SMILES string of the molecule is CC1(C)C2CCC1C(C(=O)Nc1ccc(Br)cc1)C2C(=O)O. The molecular weight excluding hydrogens is 346 g/mol. The zero-order valence-electron chi connectivity index (χ0n) is 12.7. The van der Waals surface area contributed by atoms with Crippen LogP contribution in [-0.2, 0) is 9.59 Å². The highest BCUT2D eigenvalue weighted by Crippen LogP contribution is 2.63. The summed E-state index contributed by atoms with van der Waals surface area (Å²) in [6.45, 7) is 4.22. The van der Waals surface area contributed by atoms with Crippen molar-refractivity contribution in [3.05, 3.63) is 28.7 Å². The Bertz CT molecular complexity index is 611. The van der Waals surface area contributed by atoms with Crippen molar-refractivity contribution in [2.75, 3.05) is 5.32 Å². The van der Waals surface area contributed by atoms with Crippen molar-refractivity contribution in [3.8, 4) is 0 Å². The van der Waals surface area contributed by atoms with Gasteiger partial charge in [-0.05, 0) is 54.4 Å². The smallest absolute Gasteiger partial charge is 0.307 e. The molecule has 2 bridgehead atoms. The number of amides is 1. The lowest BCUT2D eigenvalue weighted by molar-refractivity contribution is -0.148. The first-order valence-electron chi connectivity index (χ1n) is 7.61. The molecule has 2 N–H and O–H groups in total. The van der Waals surface area contributed by atoms with E-state index < -0.39 is 17.8 Å². The van der Waals surface area contributed by atoms with Gasteiger partial charge in [-0.15, -0.1) is 0 Å². The standard InChI is InChI=1S/C17H20BrNO3/c1-17(2)11-7-8-12(17)14(16(21)22)13(11)15(20)19-10-5-3-9(18)4-6-10/h3-6,11-14H,7-8H2,1-2H3,(H,19,20)(H,21,22). The second-order valence-corrected chi connectivity index (χ2v) is 7.91. The number of nitrogens with one attached hydrogen (secondary N) is 1. The van der Waals surface area contributed by atoms with Crippen LogP contribution in [0.25, 0.3) is 0 Å². The normalized spacial score (nSPS) is 32.0. The third kappa shape index (κ3) is 2.35. The quantitative estimate of drug-likeness (QED) is 0.856. The third-order valence-corrected chi connectivity index (χ3v) is 6.18. The van der Waals surface area contributed by atoms with Gasteiger partial charge in [-0.3, -0.25) is 9.59 Å². The van der Waals surface area contributed by atoms with Gasteiger partial charge >= 0.3 is 5.97 Å². The molecular formula is C17H20BrNO3. The van der Waals surface area contributed by atoms with Crippen molar-refractivity contribution in [1.82, 2.24) is 0 Å². The number of hydrogen-bond donors (Lipinski definition) is 2. The van der Waals surface area contributed by atoms with Crippen LogP contribution in [0.2, 0.25) is 0 Å². The zero-order chi connectivity index (χ0) is 16.1. The molecule has 0 saturated heterocycles. The van der Waals surface area contributed by atoms with Gasteiger partial charge in [0.05, 0.1) is 11.8 Å². The Morgan fingerprint density at radius 2 is 1.68 bits per heavy atom. The van der Waals surface area contributed by atoms with E-state index >= 15 is 0 Å². The van der Waals surface area contributed by atoms with Crippen LogP contribution in [0.1, 0.15) is 26.7 Å². The van der Waals surface area contributed by atoms with Crippen LogP contribution >= 0.6 is 15.9 Å². The average Bonchev–Trinajstić information content (AvgIpc) is 2.87. The van der Waals surface area contributed by atoms with E-state index in [4.69, 9.17) is 0 Å². The first-order valence-corrected chi connectivity index (χ1v) is 8.41. The first-order chi connectivity index (χ1) is 10.3. The van der Waals surface area contributed by atoms with Crippen LogP contribution in [0, 0.1) is 29.1 Å². The molecule has 5 heteroatoms. The van der Waals surface area contributed by atoms with Crippen molar-refractivity contribution < 1.29 is 14.7 Å². The van der Waals surface area contributed by atoms with E-state index in [1.165, 1.54) is 0 Å². The molecule has 1 amide bonds. The molecule has 118 valence electrons. The van der Waals surface area contributed by atoms with E-state index in [0.29, 0.717) is 5.69 Å². The number of carboxylic acids is 1. The molecule has 4 unspecified atom stereocenters. The second kappa shape index (κ2) is 5.37. The first kappa shape index (κ1) is 15.5. The number of halogens is 1. The largest absolute Gasteiger partial charge is 0.481 e. The predicted molar refractivity (Wildman–Crippen MR) is 87.4 cm³/mol. The molecule has 1 aromatic rings. The molecule has 0 aromatic heterocycles. The van der Waals surface area contributed by atoms with Crippen molar-refractivity contribution in [3.63, 3.8) is 0 Å². The van der Waals surface area contributed by atoms with Crippen LogP contribution in [-0.4, -0.2) is 17.0 Å². The number of carboxylic acid groups (broad SMARTS) is 1. The van der Waals surface area contributed by atoms with E-state index in [1.54, 1.807) is 0 Å². The van der Waals surface area contributed by atoms with Crippen LogP contribution in [0.3, 0.4) is 0 Å². The number of fused-ring (bicyclic) bond motifs is 2. The van der Waals surface area contributed by atoms with Crippen molar-refractivity contribution >= 4 is 33.5 Å². The molecule has 4 atom stereocenters. The number of carbonyl (C=O) groups is 2. The molecule has 4 nitrogen and oxygen atoms in total. The van der Waals surface area contributed by atoms with E-state index in [-0.39, 0.29) is 23.2 Å². The van der Waals surface area contributed by atoms with E-state index in [9.17, 15) is 14.7 Å². The van der Waals surface area contributed by atoms with E-state index in [1.807, 2.05) is 24.3 Å². The lowest BCUT2D eigenvalue weighted by Crippen LogP contribution is -2.37. The number of rotatable bonds is 3. The van der Waals surface area contributed by atoms with Crippen molar-refractivity contribution in [2.24, 2.45) is 29.1 Å². The Kier molecular flexibility index (Phi) is 3.79. The van der Waals surface area contributed by atoms with E-state index in [0.717, 1.165) is 17.3 Å². The third-order valence-electron chi connectivity index (χ3n) is 5.65. The summed E-state index contributed by atoms with van der Waals surface area (Å²) in [4.78, 5) is 24.4. The predicted octanol–water partition coefficient (Wildman–Crippen LogP) is 3.77. The fraction of sp³-hybridized carbons (Fsp3) is 0.529. The molecule has 0 radical (unpaired) electrons. The molecule has 2 saturated carbocycles. The van der Waals surface area contributed by atoms with Crippen molar-refractivity contribution in [2.45, 2.75) is 26.7 Å². The summed E-state index contributed by atoms with van der Waals surface area (Å²) >= 11 is 3.36. The van der Waals surface area contributed by atoms with E-state index in [2.05, 4.69) is 35.1 Å². The fourth-order valence-electron chi connectivity index (χ4n) is 4.59. The second-order valence-electron chi connectivity index (χ2n) is 7.00. The fourth-order valence-corrected chi connectivity index (χ4v) is 4.86. The highest BCUT2D eigenvalue weighted by Gasteiger charge is 2.63. The van der Waals surface area contributed by atoms with Gasteiger partial charge < -0.3 is 10.4 Å². The van der Waals surface area contributed by atoms with Gasteiger partial charge in [0, 0.05) is 10.2 Å². The summed E-state index contributed by atoms with van der Waals surface area (Å²) in [6, 6.07) is 7.34. The Morgan fingerprint density at radius 3 is 2.23 bits per heavy atom. The van der Waals surface area contributed by atoms with Crippen LogP contribution in [0.15, 0.2) is 28.7 Å². The minimum Gasteiger partial charge on any atom is -0.481 e. The van der Waals surface area contributed by atoms with Crippen molar-refractivity contribution in [1.29, 1.82) is 0 Å². The van der Waals surface area contributed by atoms with Crippen LogP contribution < -0.4 is 5.32 Å². The van der Waals surface area contributed by atoms with Gasteiger partial charge in [0.15, 0.2) is 0 Å². The molecule has 0 aliphatic heterocycles. The number of aliphatic carboxylic acids is 1. The molecule has 3 rings (SSSR count). The minimum atomic E-state index is -0.837. The Hall–Kier alpha value is -1.36. The summed E-state index contributed by atoms with van der Waals surface area (Å²) in [5, 5.41) is 12.5. The lowest BCUT2D eigenvalue weighted by Gasteiger charge is -2.27. The summed E-state index contributed by atoms with van der Waals surface area (Å²) in [5.41, 5.74) is 0.628. The number of carbonyl (C=O) groups excluding carboxylic acids is 1. The number of benzene rings is 1. The monoisotopic (exact) mass is 365 g/mol. The maximum Gasteiger partial charge on any atom is 0.307 e. The zero-order valence-corrected chi connectivity index (χ0v) is 14.3. The summed E-state index contributed by atoms with van der Waals surface area (Å²) in [7, 11) is 0. The lowest BCUT2D eigenvalue weighted by atomic mass is 9.78. The van der Waals surface area contributed by atoms with Gasteiger partial charge in [0.1, 0.15) is 0 Å². The Labute approximate surface area is 138 Å². The molecule has 2 fully saturated rings. The molecule has 0 spiro atoms. The summed E-state index contributed by atoms with van der Waals surface area (Å²) in [5.74, 6) is -1.75. The Morgan fingerprint density at radius 1 is 1.14 bits per heavy atom. The summed E-state index contributed by atoms with van der Waals surface area (Å²) < 4.78 is 0.940. The van der Waals surface area contributed by atoms with Crippen LogP contribution in [0.4, 0.5) is 5.69 Å². The molecule has 1 aromatic carbocycles. The molecule has 22 heavy (non-hydrogen) atoms. The molecule has 2 aliphatic carbocycles. The van der Waals surface area contributed by atoms with Gasteiger partial charge in [0.2, 0.25) is 5.91 Å². The van der Waals surface area contributed by atoms with Gasteiger partial charge in [0.25, 0.3) is 0 Å². The topological polar surface area (TPSA) is 66.4 Å². The maximum absolute atomic E-state index is 12.7. The van der Waals surface area contributed by atoms with Crippen LogP contribution in [0.5, 0.6) is 0 Å². The van der Waals surface area contributed by atoms with Gasteiger partial charge in [-0.2, -0.15) is 0 Å². The maximum atomic E-state index is 12.7. The average molecular weight is 366 g/mol. The Balaban J connectivity index is 1.84. The summed E-state index contributed by atoms with van der Waals surface area (Å²) in [6.07, 6.45) is 1.86. The minimum absolute atomic E-state index is 0.0786. The highest BCUT2D eigenvalue weighted by molar-refractivity contribution is 9.10. The molecule has 0 heterocycles. The molecule has 2 aliphatic rings. The highest BCUT2D eigenvalue weighted by atomic mass is 79.9. The number of anilines is 1. The van der Waals surface area contributed by atoms with Gasteiger partial charge in [-0.1, -0.05) is 29.8 Å². The number of hydrogen-bond acceptors (Lipinski definition) is 2.